The molecule has 0 bridgehead atoms. The lowest BCUT2D eigenvalue weighted by atomic mass is 9.94. The smallest absolute Gasteiger partial charge is 0.308 e. The monoisotopic (exact) mass is 756 g/mol. The second-order valence-electron chi connectivity index (χ2n) is 15.8. The number of ether oxygens (including phenoxy) is 5. The number of aromatic nitrogens is 1. The fourth-order valence-corrected chi connectivity index (χ4v) is 7.15. The van der Waals surface area contributed by atoms with Crippen molar-refractivity contribution in [2.75, 3.05) is 25.1 Å². The number of carbonyl (C=O) groups excluding carboxylic acids is 2. The van der Waals surface area contributed by atoms with Crippen LogP contribution < -0.4 is 10.1 Å². The van der Waals surface area contributed by atoms with Crippen LogP contribution >= 0.6 is 0 Å². The van der Waals surface area contributed by atoms with Gasteiger partial charge in [0.25, 0.3) is 5.91 Å². The van der Waals surface area contributed by atoms with Gasteiger partial charge in [0.15, 0.2) is 5.79 Å². The topological polar surface area (TPSA) is 97.3 Å². The number of rotatable bonds is 16. The van der Waals surface area contributed by atoms with E-state index in [9.17, 15) is 14.0 Å². The van der Waals surface area contributed by atoms with Crippen LogP contribution in [0.1, 0.15) is 103 Å². The van der Waals surface area contributed by atoms with Crippen molar-refractivity contribution < 1.29 is 37.7 Å². The van der Waals surface area contributed by atoms with Crippen LogP contribution in [-0.2, 0) is 30.3 Å². The second kappa shape index (κ2) is 18.4. The van der Waals surface area contributed by atoms with Crippen molar-refractivity contribution in [3.63, 3.8) is 0 Å². The van der Waals surface area contributed by atoms with Crippen LogP contribution in [0.2, 0.25) is 0 Å². The molecule has 10 heteroatoms. The summed E-state index contributed by atoms with van der Waals surface area (Å²) in [7, 11) is 0. The van der Waals surface area contributed by atoms with Crippen molar-refractivity contribution in [2.24, 2.45) is 0 Å². The first-order chi connectivity index (χ1) is 26.1. The van der Waals surface area contributed by atoms with Gasteiger partial charge in [0.1, 0.15) is 23.8 Å². The van der Waals surface area contributed by atoms with Crippen LogP contribution in [0, 0.1) is 5.82 Å². The van der Waals surface area contributed by atoms with E-state index in [0.29, 0.717) is 56.2 Å². The minimum atomic E-state index is -0.920. The number of nitrogens with one attached hydrogen (secondary N) is 1. The van der Waals surface area contributed by atoms with Crippen molar-refractivity contribution in [2.45, 2.75) is 117 Å². The molecular weight excluding hydrogens is 700 g/mol. The van der Waals surface area contributed by atoms with Crippen LogP contribution in [0.15, 0.2) is 78.9 Å². The molecule has 9 nitrogen and oxygen atoms in total. The van der Waals surface area contributed by atoms with E-state index in [1.807, 2.05) is 89.2 Å². The molecule has 4 aromatic rings. The van der Waals surface area contributed by atoms with E-state index >= 15 is 0 Å². The molecule has 1 amide bonds. The summed E-state index contributed by atoms with van der Waals surface area (Å²) in [4.78, 5) is 27.5. The molecule has 0 unspecified atom stereocenters. The molecule has 0 radical (unpaired) electrons. The molecule has 5 rings (SSSR count). The Labute approximate surface area is 325 Å². The molecule has 1 N–H and O–H groups in total. The number of hydrogen-bond acceptors (Lipinski definition) is 7. The molecule has 296 valence electrons. The second-order valence-corrected chi connectivity index (χ2v) is 15.8. The molecule has 0 saturated carbocycles. The molecule has 0 spiro atoms. The number of amides is 1. The Morgan fingerprint density at radius 1 is 0.909 bits per heavy atom. The number of anilines is 1. The predicted octanol–water partition coefficient (Wildman–Crippen LogP) is 10.2. The first-order valence-corrected chi connectivity index (χ1v) is 19.4. The maximum absolute atomic E-state index is 14.7. The summed E-state index contributed by atoms with van der Waals surface area (Å²) in [6, 6.07) is 23.6. The quantitative estimate of drug-likeness (QED) is 0.0898. The Kier molecular flexibility index (Phi) is 13.9. The molecule has 0 aliphatic carbocycles. The van der Waals surface area contributed by atoms with E-state index in [0.717, 1.165) is 34.5 Å². The molecular formula is C45H57FN2O7. The normalized spacial score (nSPS) is 16.9. The molecule has 1 fully saturated rings. The average Bonchev–Trinajstić information content (AvgIpc) is 3.46. The molecule has 1 aliphatic rings. The van der Waals surface area contributed by atoms with E-state index in [2.05, 4.69) is 30.7 Å². The predicted molar refractivity (Wildman–Crippen MR) is 214 cm³/mol. The van der Waals surface area contributed by atoms with Crippen molar-refractivity contribution in [3.8, 4) is 28.1 Å². The highest BCUT2D eigenvalue weighted by Gasteiger charge is 2.38. The Balaban J connectivity index is 1.52. The summed E-state index contributed by atoms with van der Waals surface area (Å²) in [5.74, 6) is -1.23. The van der Waals surface area contributed by atoms with Gasteiger partial charge in [-0.15, -0.1) is 0 Å². The average molecular weight is 757 g/mol. The zero-order valence-electron chi connectivity index (χ0n) is 33.6. The van der Waals surface area contributed by atoms with Gasteiger partial charge in [-0.2, -0.15) is 0 Å². The van der Waals surface area contributed by atoms with Gasteiger partial charge >= 0.3 is 5.97 Å². The number of hydrogen-bond donors (Lipinski definition) is 1. The molecule has 1 aliphatic heterocycles. The Morgan fingerprint density at radius 3 is 2.22 bits per heavy atom. The molecule has 3 aromatic carbocycles. The minimum Gasteiger partial charge on any atom is -0.491 e. The maximum atomic E-state index is 14.7. The van der Waals surface area contributed by atoms with E-state index in [1.54, 1.807) is 12.1 Å². The summed E-state index contributed by atoms with van der Waals surface area (Å²) in [5, 5.41) is 3.15. The number of halogens is 1. The first-order valence-electron chi connectivity index (χ1n) is 19.4. The van der Waals surface area contributed by atoms with Crippen LogP contribution in [0.3, 0.4) is 0 Å². The lowest BCUT2D eigenvalue weighted by molar-refractivity contribution is -0.301. The highest BCUT2D eigenvalue weighted by Crippen LogP contribution is 2.43. The van der Waals surface area contributed by atoms with Crippen LogP contribution in [-0.4, -0.2) is 59.9 Å². The summed E-state index contributed by atoms with van der Waals surface area (Å²) < 4.78 is 46.2. The molecule has 1 aromatic heterocycles. The van der Waals surface area contributed by atoms with Crippen LogP contribution in [0.5, 0.6) is 5.75 Å². The maximum Gasteiger partial charge on any atom is 0.308 e. The molecule has 2 heterocycles. The summed E-state index contributed by atoms with van der Waals surface area (Å²) in [6.07, 6.45) is 1.49. The molecule has 1 saturated heterocycles. The minimum absolute atomic E-state index is 0.0740. The highest BCUT2D eigenvalue weighted by atomic mass is 19.1. The van der Waals surface area contributed by atoms with Crippen LogP contribution in [0.4, 0.5) is 10.1 Å². The fourth-order valence-electron chi connectivity index (χ4n) is 7.15. The number of nitrogens with zero attached hydrogens (tertiary/aromatic N) is 1. The first kappa shape index (κ1) is 41.6. The van der Waals surface area contributed by atoms with Gasteiger partial charge in [-0.3, -0.25) is 9.59 Å². The van der Waals surface area contributed by atoms with Gasteiger partial charge in [-0.25, -0.2) is 4.39 Å². The van der Waals surface area contributed by atoms with Gasteiger partial charge in [-0.05, 0) is 113 Å². The lowest BCUT2D eigenvalue weighted by Crippen LogP contribution is -2.46. The SMILES string of the molecule is CCCOCCOc1ccc(NC(=O)c2c(-c3ccccc3)c(-c3ccc(F)cc3)n(CC[C@@H]3C[C@H](CC(=O)OC(C)(C)C)OC(C)(C)O3)c2C(C)C)cc1. The number of carbonyl (C=O) groups is 2. The van der Waals surface area contributed by atoms with Crippen LogP contribution in [0.25, 0.3) is 22.4 Å². The van der Waals surface area contributed by atoms with Gasteiger partial charge in [0, 0.05) is 36.5 Å². The Bertz CT molecular complexity index is 1860. The number of benzene rings is 3. The third-order valence-electron chi connectivity index (χ3n) is 9.13. The van der Waals surface area contributed by atoms with Gasteiger partial charge in [0.2, 0.25) is 0 Å². The van der Waals surface area contributed by atoms with E-state index in [1.165, 1.54) is 12.1 Å². The van der Waals surface area contributed by atoms with E-state index < -0.39 is 11.4 Å². The third kappa shape index (κ3) is 11.5. The van der Waals surface area contributed by atoms with Crippen molar-refractivity contribution >= 4 is 17.6 Å². The van der Waals surface area contributed by atoms with Gasteiger partial charge in [0.05, 0.1) is 36.5 Å². The van der Waals surface area contributed by atoms with Gasteiger partial charge in [-0.1, -0.05) is 51.1 Å². The fraction of sp³-hybridized carbons (Fsp3) is 0.467. The summed E-state index contributed by atoms with van der Waals surface area (Å²) >= 11 is 0. The Hall–Kier alpha value is -4.51. The largest absolute Gasteiger partial charge is 0.491 e. The van der Waals surface area contributed by atoms with Gasteiger partial charge < -0.3 is 33.6 Å². The van der Waals surface area contributed by atoms with Crippen molar-refractivity contribution in [3.05, 3.63) is 95.9 Å². The Morgan fingerprint density at radius 2 is 1.58 bits per heavy atom. The molecule has 55 heavy (non-hydrogen) atoms. The van der Waals surface area contributed by atoms with Crippen molar-refractivity contribution in [1.82, 2.24) is 4.57 Å². The highest BCUT2D eigenvalue weighted by molar-refractivity contribution is 6.12. The van der Waals surface area contributed by atoms with Crippen molar-refractivity contribution in [1.29, 1.82) is 0 Å². The third-order valence-corrected chi connectivity index (χ3v) is 9.13. The summed E-state index contributed by atoms with van der Waals surface area (Å²) in [6.45, 7) is 17.6. The van der Waals surface area contributed by atoms with E-state index in [-0.39, 0.29) is 42.2 Å². The van der Waals surface area contributed by atoms with E-state index in [4.69, 9.17) is 23.7 Å². The number of esters is 1. The zero-order valence-corrected chi connectivity index (χ0v) is 33.6. The standard InChI is InChI=1S/C45H57FN2O7/c1-9-25-51-26-27-52-35-21-19-34(20-22-35)47-43(50)40-39(31-13-11-10-12-14-31)42(32-15-17-33(46)18-16-32)48(41(40)30(2)3)24-23-36-28-37(54-45(7,8)53-36)29-38(49)55-44(4,5)6/h10-22,30,36-37H,9,23-29H2,1-8H3,(H,47,50)/t36-,37-/m1/s1. The molecule has 2 atom stereocenters. The summed E-state index contributed by atoms with van der Waals surface area (Å²) in [5.41, 5.74) is 4.63. The lowest BCUT2D eigenvalue weighted by Gasteiger charge is -2.41. The zero-order chi connectivity index (χ0) is 39.8.